The van der Waals surface area contributed by atoms with Crippen LogP contribution < -0.4 is 5.32 Å². The largest absolute Gasteiger partial charge is 0.333 e. The maximum absolute atomic E-state index is 12.2. The van der Waals surface area contributed by atoms with Gasteiger partial charge in [-0.15, -0.1) is 0 Å². The van der Waals surface area contributed by atoms with E-state index in [1.54, 1.807) is 4.90 Å². The number of rotatable bonds is 3. The van der Waals surface area contributed by atoms with Crippen molar-refractivity contribution in [1.29, 1.82) is 0 Å². The van der Waals surface area contributed by atoms with Gasteiger partial charge in [0, 0.05) is 12.5 Å². The van der Waals surface area contributed by atoms with Crippen LogP contribution in [0.25, 0.3) is 0 Å². The number of nitrogens with zero attached hydrogens (tertiary/aromatic N) is 2. The third kappa shape index (κ3) is 2.86. The highest BCUT2D eigenvalue weighted by atomic mass is 16.2. The van der Waals surface area contributed by atoms with E-state index in [4.69, 9.17) is 0 Å². The van der Waals surface area contributed by atoms with Gasteiger partial charge in [0.05, 0.1) is 25.2 Å². The molecule has 0 aliphatic carbocycles. The van der Waals surface area contributed by atoms with E-state index in [2.05, 4.69) is 15.5 Å². The Labute approximate surface area is 128 Å². The number of benzene rings is 1. The van der Waals surface area contributed by atoms with E-state index in [9.17, 15) is 9.59 Å². The summed E-state index contributed by atoms with van der Waals surface area (Å²) in [6.07, 6.45) is 0.305. The molecular weight excluding hydrogens is 280 g/mol. The molecule has 1 aliphatic heterocycles. The monoisotopic (exact) mass is 298 g/mol. The molecule has 3 rings (SSSR count). The molecule has 6 nitrogen and oxygen atoms in total. The normalized spacial score (nSPS) is 13.1. The lowest BCUT2D eigenvalue weighted by atomic mass is 10.1. The quantitative estimate of drug-likeness (QED) is 0.906. The fraction of sp³-hybridized carbons (Fsp3) is 0.312. The van der Waals surface area contributed by atoms with Gasteiger partial charge >= 0.3 is 0 Å². The number of amides is 2. The summed E-state index contributed by atoms with van der Waals surface area (Å²) in [5.74, 6) is 0.430. The zero-order valence-electron chi connectivity index (χ0n) is 12.6. The molecule has 6 heteroatoms. The van der Waals surface area contributed by atoms with Crippen molar-refractivity contribution >= 4 is 17.6 Å². The average molecular weight is 298 g/mol. The minimum atomic E-state index is -0.110. The van der Waals surface area contributed by atoms with E-state index in [0.29, 0.717) is 25.3 Å². The molecule has 2 heterocycles. The molecule has 0 radical (unpaired) electrons. The highest BCUT2D eigenvalue weighted by Crippen LogP contribution is 2.27. The zero-order chi connectivity index (χ0) is 15.7. The van der Waals surface area contributed by atoms with E-state index < -0.39 is 0 Å². The molecule has 2 aromatic rings. The highest BCUT2D eigenvalue weighted by Gasteiger charge is 2.26. The number of hydrogen-bond acceptors (Lipinski definition) is 3. The Morgan fingerprint density at radius 2 is 2.18 bits per heavy atom. The van der Waals surface area contributed by atoms with Gasteiger partial charge in [-0.05, 0) is 12.5 Å². The van der Waals surface area contributed by atoms with Gasteiger partial charge < -0.3 is 10.2 Å². The van der Waals surface area contributed by atoms with Crippen molar-refractivity contribution in [2.45, 2.75) is 33.4 Å². The number of anilines is 1. The molecule has 22 heavy (non-hydrogen) atoms. The summed E-state index contributed by atoms with van der Waals surface area (Å²) in [7, 11) is 0. The molecule has 0 fully saturated rings. The smallest absolute Gasteiger partial charge is 0.230 e. The number of nitrogens with one attached hydrogen (secondary N) is 2. The fourth-order valence-corrected chi connectivity index (χ4v) is 2.65. The lowest BCUT2D eigenvalue weighted by Gasteiger charge is -2.12. The summed E-state index contributed by atoms with van der Waals surface area (Å²) < 4.78 is 0. The van der Waals surface area contributed by atoms with Gasteiger partial charge in [0.15, 0.2) is 5.82 Å². The second-order valence-corrected chi connectivity index (χ2v) is 5.62. The summed E-state index contributed by atoms with van der Waals surface area (Å²) >= 11 is 0. The summed E-state index contributed by atoms with van der Waals surface area (Å²) in [6.45, 7) is 4.54. The van der Waals surface area contributed by atoms with E-state index in [1.165, 1.54) is 6.92 Å². The third-order valence-corrected chi connectivity index (χ3v) is 3.80. The zero-order valence-corrected chi connectivity index (χ0v) is 12.6. The van der Waals surface area contributed by atoms with Crippen LogP contribution in [-0.4, -0.2) is 26.9 Å². The predicted octanol–water partition coefficient (Wildman–Crippen LogP) is 1.76. The van der Waals surface area contributed by atoms with Crippen LogP contribution in [-0.2, 0) is 29.1 Å². The first-order valence-electron chi connectivity index (χ1n) is 7.20. The lowest BCUT2D eigenvalue weighted by Crippen LogP contribution is -2.23. The summed E-state index contributed by atoms with van der Waals surface area (Å²) in [5, 5.41) is 9.86. The van der Waals surface area contributed by atoms with Crippen LogP contribution in [0.4, 0.5) is 5.82 Å². The summed E-state index contributed by atoms with van der Waals surface area (Å²) in [6, 6.07) is 7.86. The van der Waals surface area contributed by atoms with Crippen molar-refractivity contribution in [2.75, 3.05) is 5.32 Å². The predicted molar refractivity (Wildman–Crippen MR) is 82.0 cm³/mol. The standard InChI is InChI=1S/C16H18N4O2/c1-10-4-3-5-12(6-10)7-15(22)17-16-13-8-20(11(2)21)9-14(13)18-19-16/h3-6H,7-9H2,1-2H3,(H2,17,18,19,22). The molecule has 0 spiro atoms. The lowest BCUT2D eigenvalue weighted by molar-refractivity contribution is -0.129. The van der Waals surface area contributed by atoms with E-state index in [0.717, 1.165) is 22.4 Å². The van der Waals surface area contributed by atoms with Crippen molar-refractivity contribution in [2.24, 2.45) is 0 Å². The van der Waals surface area contributed by atoms with Crippen LogP contribution in [0.15, 0.2) is 24.3 Å². The molecule has 0 bridgehead atoms. The summed E-state index contributed by atoms with van der Waals surface area (Å²) in [5.41, 5.74) is 3.88. The first kappa shape index (κ1) is 14.3. The van der Waals surface area contributed by atoms with Crippen molar-refractivity contribution < 1.29 is 9.59 Å². The van der Waals surface area contributed by atoms with Gasteiger partial charge in [-0.25, -0.2) is 0 Å². The number of hydrogen-bond donors (Lipinski definition) is 2. The van der Waals surface area contributed by atoms with Crippen LogP contribution in [0.3, 0.4) is 0 Å². The number of carbonyl (C=O) groups is 2. The van der Waals surface area contributed by atoms with Crippen molar-refractivity contribution in [1.82, 2.24) is 15.1 Å². The van der Waals surface area contributed by atoms with Crippen molar-refractivity contribution in [3.63, 3.8) is 0 Å². The van der Waals surface area contributed by atoms with Gasteiger partial charge in [-0.2, -0.15) is 5.10 Å². The fourth-order valence-electron chi connectivity index (χ4n) is 2.65. The van der Waals surface area contributed by atoms with Crippen molar-refractivity contribution in [3.8, 4) is 0 Å². The van der Waals surface area contributed by atoms with Gasteiger partial charge in [0.1, 0.15) is 0 Å². The van der Waals surface area contributed by atoms with Gasteiger partial charge in [0.2, 0.25) is 11.8 Å². The Morgan fingerprint density at radius 1 is 1.36 bits per heavy atom. The molecule has 1 aromatic heterocycles. The highest BCUT2D eigenvalue weighted by molar-refractivity contribution is 5.92. The first-order valence-corrected chi connectivity index (χ1v) is 7.20. The topological polar surface area (TPSA) is 78.1 Å². The average Bonchev–Trinajstić information content (AvgIpc) is 3.01. The van der Waals surface area contributed by atoms with Crippen LogP contribution in [0, 0.1) is 6.92 Å². The number of carbonyl (C=O) groups excluding carboxylic acids is 2. The minimum Gasteiger partial charge on any atom is -0.333 e. The molecule has 1 aromatic carbocycles. The molecule has 2 N–H and O–H groups in total. The summed E-state index contributed by atoms with van der Waals surface area (Å²) in [4.78, 5) is 25.3. The number of aromatic nitrogens is 2. The van der Waals surface area contributed by atoms with Crippen molar-refractivity contribution in [3.05, 3.63) is 46.6 Å². The maximum atomic E-state index is 12.2. The van der Waals surface area contributed by atoms with Crippen LogP contribution >= 0.6 is 0 Å². The maximum Gasteiger partial charge on any atom is 0.230 e. The number of aryl methyl sites for hydroxylation is 1. The Morgan fingerprint density at radius 3 is 2.91 bits per heavy atom. The molecule has 0 saturated heterocycles. The van der Waals surface area contributed by atoms with Gasteiger partial charge in [-0.3, -0.25) is 14.7 Å². The van der Waals surface area contributed by atoms with Crippen LogP contribution in [0.5, 0.6) is 0 Å². The molecule has 1 aliphatic rings. The Balaban J connectivity index is 1.68. The molecule has 0 saturated carbocycles. The van der Waals surface area contributed by atoms with Crippen LogP contribution in [0.2, 0.25) is 0 Å². The molecule has 114 valence electrons. The minimum absolute atomic E-state index is 0.0154. The second-order valence-electron chi connectivity index (χ2n) is 5.62. The molecule has 0 atom stereocenters. The SMILES string of the molecule is CC(=O)N1Cc2[nH]nc(NC(=O)Cc3cccc(C)c3)c2C1. The van der Waals surface area contributed by atoms with Gasteiger partial charge in [0.25, 0.3) is 0 Å². The second kappa shape index (κ2) is 5.63. The van der Waals surface area contributed by atoms with E-state index >= 15 is 0 Å². The van der Waals surface area contributed by atoms with E-state index in [1.807, 2.05) is 31.2 Å². The van der Waals surface area contributed by atoms with Gasteiger partial charge in [-0.1, -0.05) is 29.8 Å². The van der Waals surface area contributed by atoms with E-state index in [-0.39, 0.29) is 11.8 Å². The Kier molecular flexibility index (Phi) is 3.66. The molecule has 2 amide bonds. The Bertz CT molecular complexity index is 735. The number of aromatic amines is 1. The Hall–Kier alpha value is -2.63. The number of H-pyrrole nitrogens is 1. The van der Waals surface area contributed by atoms with Crippen LogP contribution in [0.1, 0.15) is 29.3 Å². The first-order chi connectivity index (χ1) is 10.5. The molecular formula is C16H18N4O2. The molecule has 0 unspecified atom stereocenters. The number of fused-ring (bicyclic) bond motifs is 1. The third-order valence-electron chi connectivity index (χ3n) is 3.80.